The lowest BCUT2D eigenvalue weighted by molar-refractivity contribution is -0.141. The fraction of sp³-hybridized carbons (Fsp3) is 0.111. The maximum absolute atomic E-state index is 12.7. The van der Waals surface area contributed by atoms with Crippen LogP contribution < -0.4 is 0 Å². The van der Waals surface area contributed by atoms with E-state index in [-0.39, 0.29) is 11.0 Å². The summed E-state index contributed by atoms with van der Waals surface area (Å²) < 4.78 is 38.7. The Morgan fingerprint density at radius 2 is 1.89 bits per heavy atom. The molecule has 0 radical (unpaired) electrons. The Balaban J connectivity index is 2.64. The molecule has 98 valence electrons. The highest BCUT2D eigenvalue weighted by Crippen LogP contribution is 2.34. The summed E-state index contributed by atoms with van der Waals surface area (Å²) in [5.74, 6) is -0.0820. The largest absolute Gasteiger partial charge is 0.436 e. The van der Waals surface area contributed by atoms with Crippen molar-refractivity contribution in [3.05, 3.63) is 33.7 Å². The molecule has 0 spiro atoms. The first kappa shape index (κ1) is 13.6. The maximum Gasteiger partial charge on any atom is 0.436 e. The molecule has 2 heterocycles. The van der Waals surface area contributed by atoms with Crippen LogP contribution in [0.2, 0.25) is 10.3 Å². The topological polar surface area (TPSA) is 67.4 Å². The molecule has 5 nitrogen and oxygen atoms in total. The van der Waals surface area contributed by atoms with Gasteiger partial charge in [-0.2, -0.15) is 23.5 Å². The Morgan fingerprint density at radius 3 is 2.32 bits per heavy atom. The Hall–Kier alpha value is -1.85. The monoisotopic (exact) mass is 307 g/mol. The minimum Gasteiger partial charge on any atom is -0.200 e. The molecule has 0 amide bonds. The third kappa shape index (κ3) is 2.47. The summed E-state index contributed by atoms with van der Waals surface area (Å²) in [6.07, 6.45) is -4.79. The van der Waals surface area contributed by atoms with Crippen LogP contribution in [0.4, 0.5) is 13.2 Å². The number of hydrogen-bond acceptors (Lipinski definition) is 4. The molecule has 0 aromatic carbocycles. The van der Waals surface area contributed by atoms with Crippen LogP contribution in [0, 0.1) is 11.3 Å². The van der Waals surface area contributed by atoms with Crippen molar-refractivity contribution in [2.24, 2.45) is 0 Å². The zero-order valence-corrected chi connectivity index (χ0v) is 10.3. The van der Waals surface area contributed by atoms with Crippen molar-refractivity contribution in [2.45, 2.75) is 6.18 Å². The molecule has 0 aliphatic heterocycles. The van der Waals surface area contributed by atoms with Crippen molar-refractivity contribution in [1.82, 2.24) is 20.0 Å². The average Bonchev–Trinajstić information content (AvgIpc) is 2.67. The molecule has 0 aliphatic rings. The Kier molecular flexibility index (Phi) is 3.34. The molecule has 2 rings (SSSR count). The van der Waals surface area contributed by atoms with Crippen molar-refractivity contribution >= 4 is 23.2 Å². The van der Waals surface area contributed by atoms with Crippen LogP contribution in [0.15, 0.2) is 12.1 Å². The van der Waals surface area contributed by atoms with Crippen LogP contribution in [-0.2, 0) is 6.18 Å². The number of halogens is 5. The van der Waals surface area contributed by atoms with E-state index in [1.54, 1.807) is 0 Å². The molecule has 0 fully saturated rings. The fourth-order valence-corrected chi connectivity index (χ4v) is 1.63. The van der Waals surface area contributed by atoms with Crippen molar-refractivity contribution in [3.63, 3.8) is 0 Å². The standard InChI is InChI=1S/C9H2Cl2F3N5/c10-5-1-2-6(17-16-5)19-8(11)4(3-15)7(18-19)9(12,13)14/h1-2H. The highest BCUT2D eigenvalue weighted by molar-refractivity contribution is 6.31. The SMILES string of the molecule is N#Cc1c(C(F)(F)F)nn(-c2ccc(Cl)nn2)c1Cl. The summed E-state index contributed by atoms with van der Waals surface area (Å²) in [7, 11) is 0. The van der Waals surface area contributed by atoms with Gasteiger partial charge in [-0.15, -0.1) is 10.2 Å². The van der Waals surface area contributed by atoms with E-state index in [1.807, 2.05) is 0 Å². The molecular weight excluding hydrogens is 306 g/mol. The van der Waals surface area contributed by atoms with Gasteiger partial charge in [0.05, 0.1) is 0 Å². The van der Waals surface area contributed by atoms with Crippen LogP contribution in [0.5, 0.6) is 0 Å². The number of hydrogen-bond donors (Lipinski definition) is 0. The van der Waals surface area contributed by atoms with Crippen molar-refractivity contribution in [3.8, 4) is 11.9 Å². The Labute approximate surface area is 114 Å². The van der Waals surface area contributed by atoms with Crippen molar-refractivity contribution in [2.75, 3.05) is 0 Å². The van der Waals surface area contributed by atoms with Gasteiger partial charge >= 0.3 is 6.18 Å². The molecule has 2 aromatic rings. The predicted molar refractivity (Wildman–Crippen MR) is 58.9 cm³/mol. The summed E-state index contributed by atoms with van der Waals surface area (Å²) in [5.41, 5.74) is -2.15. The third-order valence-corrected chi connectivity index (χ3v) is 2.59. The van der Waals surface area contributed by atoms with Gasteiger partial charge in [-0.25, -0.2) is 4.68 Å². The molecule has 0 saturated carbocycles. The minimum atomic E-state index is -4.79. The second kappa shape index (κ2) is 4.68. The molecule has 2 aromatic heterocycles. The van der Waals surface area contributed by atoms with Gasteiger partial charge < -0.3 is 0 Å². The Morgan fingerprint density at radius 1 is 1.21 bits per heavy atom. The van der Waals surface area contributed by atoms with Crippen molar-refractivity contribution < 1.29 is 13.2 Å². The first-order valence-corrected chi connectivity index (χ1v) is 5.35. The van der Waals surface area contributed by atoms with E-state index in [4.69, 9.17) is 28.5 Å². The van der Waals surface area contributed by atoms with Gasteiger partial charge in [0.2, 0.25) is 0 Å². The summed E-state index contributed by atoms with van der Waals surface area (Å²) in [5, 5.41) is 18.5. The van der Waals surface area contributed by atoms with Gasteiger partial charge in [0.1, 0.15) is 11.6 Å². The highest BCUT2D eigenvalue weighted by Gasteiger charge is 2.39. The second-order valence-electron chi connectivity index (χ2n) is 3.25. The zero-order valence-electron chi connectivity index (χ0n) is 8.78. The molecule has 0 aliphatic carbocycles. The summed E-state index contributed by atoms with van der Waals surface area (Å²) in [4.78, 5) is 0. The van der Waals surface area contributed by atoms with Crippen molar-refractivity contribution in [1.29, 1.82) is 5.26 Å². The lowest BCUT2D eigenvalue weighted by atomic mass is 10.2. The van der Waals surface area contributed by atoms with Crippen LogP contribution >= 0.6 is 23.2 Å². The lowest BCUT2D eigenvalue weighted by Crippen LogP contribution is -2.09. The van der Waals surface area contributed by atoms with E-state index in [9.17, 15) is 13.2 Å². The smallest absolute Gasteiger partial charge is 0.200 e. The summed E-state index contributed by atoms with van der Waals surface area (Å²) >= 11 is 11.2. The first-order valence-electron chi connectivity index (χ1n) is 4.60. The van der Waals surface area contributed by atoms with Gasteiger partial charge in [0.25, 0.3) is 0 Å². The van der Waals surface area contributed by atoms with E-state index in [0.29, 0.717) is 4.68 Å². The molecular formula is C9H2Cl2F3N5. The second-order valence-corrected chi connectivity index (χ2v) is 4.00. The third-order valence-electron chi connectivity index (χ3n) is 2.04. The number of nitriles is 1. The summed E-state index contributed by atoms with van der Waals surface area (Å²) in [6, 6.07) is 3.94. The van der Waals surface area contributed by atoms with E-state index in [0.717, 1.165) is 0 Å². The molecule has 0 atom stereocenters. The van der Waals surface area contributed by atoms with Gasteiger partial charge in [0.15, 0.2) is 21.8 Å². The van der Waals surface area contributed by atoms with Crippen LogP contribution in [0.25, 0.3) is 5.82 Å². The van der Waals surface area contributed by atoms with Gasteiger partial charge in [0, 0.05) is 0 Å². The molecule has 19 heavy (non-hydrogen) atoms. The summed E-state index contributed by atoms with van der Waals surface area (Å²) in [6.45, 7) is 0. The van der Waals surface area contributed by atoms with Gasteiger partial charge in [-0.3, -0.25) is 0 Å². The normalized spacial score (nSPS) is 11.4. The van der Waals surface area contributed by atoms with E-state index >= 15 is 0 Å². The minimum absolute atomic E-state index is 0.0589. The van der Waals surface area contributed by atoms with Crippen LogP contribution in [-0.4, -0.2) is 20.0 Å². The first-order chi connectivity index (χ1) is 8.84. The average molecular weight is 308 g/mol. The maximum atomic E-state index is 12.7. The van der Waals surface area contributed by atoms with E-state index < -0.39 is 22.6 Å². The van der Waals surface area contributed by atoms with E-state index in [2.05, 4.69) is 15.3 Å². The zero-order chi connectivity index (χ0) is 14.2. The number of rotatable bonds is 1. The Bertz CT molecular complexity index is 656. The highest BCUT2D eigenvalue weighted by atomic mass is 35.5. The molecule has 0 N–H and O–H groups in total. The number of alkyl halides is 3. The molecule has 0 unspecified atom stereocenters. The quantitative estimate of drug-likeness (QED) is 0.812. The number of aromatic nitrogens is 4. The van der Waals surface area contributed by atoms with Crippen LogP contribution in [0.3, 0.4) is 0 Å². The lowest BCUT2D eigenvalue weighted by Gasteiger charge is -2.01. The molecule has 0 bridgehead atoms. The van der Waals surface area contributed by atoms with Gasteiger partial charge in [-0.05, 0) is 12.1 Å². The van der Waals surface area contributed by atoms with Crippen LogP contribution in [0.1, 0.15) is 11.3 Å². The molecule has 0 saturated heterocycles. The predicted octanol–water partition coefficient (Wildman–Crippen LogP) is 2.86. The molecule has 10 heteroatoms. The van der Waals surface area contributed by atoms with Gasteiger partial charge in [-0.1, -0.05) is 23.2 Å². The number of nitrogens with zero attached hydrogens (tertiary/aromatic N) is 5. The fourth-order valence-electron chi connectivity index (χ4n) is 1.27. The van der Waals surface area contributed by atoms with E-state index in [1.165, 1.54) is 18.2 Å².